The Hall–Kier alpha value is -0.860. The molecule has 1 saturated carbocycles. The second kappa shape index (κ2) is 4.77. The summed E-state index contributed by atoms with van der Waals surface area (Å²) < 4.78 is 0. The summed E-state index contributed by atoms with van der Waals surface area (Å²) >= 11 is 6.02. The van der Waals surface area contributed by atoms with E-state index in [1.165, 1.54) is 12.8 Å². The summed E-state index contributed by atoms with van der Waals surface area (Å²) in [6.45, 7) is 4.64. The molecule has 1 unspecified atom stereocenters. The molecular formula is C12H15ClN2. The lowest BCUT2D eigenvalue weighted by atomic mass is 10.1. The second-order valence-corrected chi connectivity index (χ2v) is 4.35. The van der Waals surface area contributed by atoms with Crippen molar-refractivity contribution in [2.75, 3.05) is 0 Å². The largest absolute Gasteiger partial charge is 0.306 e. The van der Waals surface area contributed by atoms with Gasteiger partial charge in [-0.15, -0.1) is 6.58 Å². The van der Waals surface area contributed by atoms with E-state index < -0.39 is 0 Å². The Kier molecular flexibility index (Phi) is 3.39. The maximum Gasteiger partial charge on any atom is 0.0634 e. The van der Waals surface area contributed by atoms with E-state index in [1.807, 2.05) is 12.1 Å². The van der Waals surface area contributed by atoms with Crippen LogP contribution in [0.1, 0.15) is 18.4 Å². The van der Waals surface area contributed by atoms with Gasteiger partial charge in [-0.05, 0) is 30.4 Å². The molecule has 0 amide bonds. The molecule has 2 rings (SSSR count). The Morgan fingerprint density at radius 2 is 2.47 bits per heavy atom. The quantitative estimate of drug-likeness (QED) is 0.775. The normalized spacial score (nSPS) is 17.4. The molecule has 1 N–H and O–H groups in total. The van der Waals surface area contributed by atoms with Gasteiger partial charge in [0, 0.05) is 25.0 Å². The minimum Gasteiger partial charge on any atom is -0.306 e. The van der Waals surface area contributed by atoms with Crippen LogP contribution in [0.25, 0.3) is 0 Å². The minimum absolute atomic E-state index is 0.425. The predicted octanol–water partition coefficient (Wildman–Crippen LogP) is 2.79. The molecule has 80 valence electrons. The van der Waals surface area contributed by atoms with Crippen LogP contribution in [0.5, 0.6) is 0 Å². The van der Waals surface area contributed by atoms with Crippen LogP contribution in [0.15, 0.2) is 31.1 Å². The number of hydrogen-bond acceptors (Lipinski definition) is 2. The van der Waals surface area contributed by atoms with Gasteiger partial charge in [-0.1, -0.05) is 17.7 Å². The van der Waals surface area contributed by atoms with Crippen molar-refractivity contribution >= 4 is 11.6 Å². The first-order valence-corrected chi connectivity index (χ1v) is 5.63. The lowest BCUT2D eigenvalue weighted by molar-refractivity contribution is 0.540. The first-order valence-electron chi connectivity index (χ1n) is 5.25. The van der Waals surface area contributed by atoms with E-state index in [2.05, 4.69) is 16.9 Å². The summed E-state index contributed by atoms with van der Waals surface area (Å²) in [7, 11) is 0. The molecule has 1 aromatic heterocycles. The zero-order valence-electron chi connectivity index (χ0n) is 8.62. The van der Waals surface area contributed by atoms with Gasteiger partial charge < -0.3 is 5.32 Å². The van der Waals surface area contributed by atoms with Gasteiger partial charge in [0.2, 0.25) is 0 Å². The van der Waals surface area contributed by atoms with Gasteiger partial charge in [-0.25, -0.2) is 0 Å². The van der Waals surface area contributed by atoms with Crippen molar-refractivity contribution < 1.29 is 0 Å². The minimum atomic E-state index is 0.425. The van der Waals surface area contributed by atoms with E-state index in [0.717, 1.165) is 23.0 Å². The number of nitrogens with zero attached hydrogens (tertiary/aromatic N) is 1. The zero-order chi connectivity index (χ0) is 10.7. The van der Waals surface area contributed by atoms with Crippen molar-refractivity contribution in [1.82, 2.24) is 10.3 Å². The van der Waals surface area contributed by atoms with Crippen molar-refractivity contribution in [1.29, 1.82) is 0 Å². The maximum atomic E-state index is 6.02. The smallest absolute Gasteiger partial charge is 0.0634 e. The number of rotatable bonds is 5. The Morgan fingerprint density at radius 3 is 3.07 bits per heavy atom. The number of nitrogens with one attached hydrogen (secondary N) is 1. The first-order chi connectivity index (χ1) is 7.31. The zero-order valence-corrected chi connectivity index (χ0v) is 9.37. The molecule has 0 spiro atoms. The van der Waals surface area contributed by atoms with E-state index in [1.54, 1.807) is 12.4 Å². The van der Waals surface area contributed by atoms with Crippen LogP contribution in [0.2, 0.25) is 5.02 Å². The van der Waals surface area contributed by atoms with Crippen LogP contribution in [0.3, 0.4) is 0 Å². The van der Waals surface area contributed by atoms with Crippen LogP contribution in [-0.2, 0) is 6.54 Å². The molecule has 1 aromatic rings. The Bertz CT molecular complexity index is 347. The molecule has 1 atom stereocenters. The molecule has 0 radical (unpaired) electrons. The van der Waals surface area contributed by atoms with E-state index in [4.69, 9.17) is 11.6 Å². The molecule has 1 aliphatic carbocycles. The maximum absolute atomic E-state index is 6.02. The topological polar surface area (TPSA) is 24.9 Å². The Morgan fingerprint density at radius 1 is 1.67 bits per heavy atom. The fraction of sp³-hybridized carbons (Fsp3) is 0.417. The molecule has 2 nitrogen and oxygen atoms in total. The molecule has 0 aliphatic heterocycles. The fourth-order valence-electron chi connectivity index (χ4n) is 1.67. The van der Waals surface area contributed by atoms with Crippen molar-refractivity contribution in [3.05, 3.63) is 41.7 Å². The summed E-state index contributed by atoms with van der Waals surface area (Å²) in [6, 6.07) is 2.37. The van der Waals surface area contributed by atoms with Gasteiger partial charge in [0.05, 0.1) is 5.02 Å². The predicted molar refractivity (Wildman–Crippen MR) is 62.8 cm³/mol. The van der Waals surface area contributed by atoms with Crippen molar-refractivity contribution in [3.8, 4) is 0 Å². The molecule has 0 saturated heterocycles. The van der Waals surface area contributed by atoms with E-state index in [0.29, 0.717) is 6.04 Å². The standard InChI is InChI=1S/C12H15ClN2/c1-2-12(9-3-4-9)15-7-10-5-6-14-8-11(10)13/h2,5-6,8-9,12,15H,1,3-4,7H2. The SMILES string of the molecule is C=CC(NCc1ccncc1Cl)C1CC1. The average molecular weight is 223 g/mol. The highest BCUT2D eigenvalue weighted by atomic mass is 35.5. The molecule has 0 aromatic carbocycles. The van der Waals surface area contributed by atoms with Crippen LogP contribution in [-0.4, -0.2) is 11.0 Å². The van der Waals surface area contributed by atoms with Gasteiger partial charge in [0.15, 0.2) is 0 Å². The lowest BCUT2D eigenvalue weighted by Gasteiger charge is -2.14. The fourth-order valence-corrected chi connectivity index (χ4v) is 1.86. The first kappa shape index (κ1) is 10.7. The lowest BCUT2D eigenvalue weighted by Crippen LogP contribution is -2.28. The van der Waals surface area contributed by atoms with Gasteiger partial charge >= 0.3 is 0 Å². The van der Waals surface area contributed by atoms with E-state index >= 15 is 0 Å². The summed E-state index contributed by atoms with van der Waals surface area (Å²) in [6.07, 6.45) is 8.07. The van der Waals surface area contributed by atoms with Crippen LogP contribution in [0.4, 0.5) is 0 Å². The summed E-state index contributed by atoms with van der Waals surface area (Å²) in [5.74, 6) is 0.781. The van der Waals surface area contributed by atoms with Gasteiger partial charge in [0.25, 0.3) is 0 Å². The van der Waals surface area contributed by atoms with Crippen molar-refractivity contribution in [2.45, 2.75) is 25.4 Å². The second-order valence-electron chi connectivity index (χ2n) is 3.95. The van der Waals surface area contributed by atoms with Crippen LogP contribution >= 0.6 is 11.6 Å². The van der Waals surface area contributed by atoms with Crippen molar-refractivity contribution in [3.63, 3.8) is 0 Å². The van der Waals surface area contributed by atoms with E-state index in [9.17, 15) is 0 Å². The summed E-state index contributed by atoms with van der Waals surface area (Å²) in [5, 5.41) is 4.18. The molecule has 3 heteroatoms. The molecule has 1 fully saturated rings. The molecule has 15 heavy (non-hydrogen) atoms. The monoisotopic (exact) mass is 222 g/mol. The van der Waals surface area contributed by atoms with Crippen molar-refractivity contribution in [2.24, 2.45) is 5.92 Å². The number of hydrogen-bond donors (Lipinski definition) is 1. The molecular weight excluding hydrogens is 208 g/mol. The van der Waals surface area contributed by atoms with Gasteiger partial charge in [0.1, 0.15) is 0 Å². The van der Waals surface area contributed by atoms with E-state index in [-0.39, 0.29) is 0 Å². The molecule has 1 aliphatic rings. The third kappa shape index (κ3) is 2.80. The molecule has 0 bridgehead atoms. The number of aromatic nitrogens is 1. The van der Waals surface area contributed by atoms with Crippen LogP contribution in [0, 0.1) is 5.92 Å². The third-order valence-electron chi connectivity index (χ3n) is 2.77. The average Bonchev–Trinajstić information content (AvgIpc) is 3.06. The van der Waals surface area contributed by atoms with Gasteiger partial charge in [-0.2, -0.15) is 0 Å². The summed E-state index contributed by atoms with van der Waals surface area (Å²) in [4.78, 5) is 3.96. The highest BCUT2D eigenvalue weighted by Crippen LogP contribution is 2.33. The number of halogens is 1. The number of pyridine rings is 1. The van der Waals surface area contributed by atoms with Crippen LogP contribution < -0.4 is 5.32 Å². The Balaban J connectivity index is 1.91. The highest BCUT2D eigenvalue weighted by Gasteiger charge is 2.28. The molecule has 1 heterocycles. The van der Waals surface area contributed by atoms with Gasteiger partial charge in [-0.3, -0.25) is 4.98 Å². The Labute approximate surface area is 95.4 Å². The third-order valence-corrected chi connectivity index (χ3v) is 3.11. The summed E-state index contributed by atoms with van der Waals surface area (Å²) in [5.41, 5.74) is 1.10. The highest BCUT2D eigenvalue weighted by molar-refractivity contribution is 6.31.